The van der Waals surface area contributed by atoms with Crippen molar-refractivity contribution < 1.29 is 0 Å². The summed E-state index contributed by atoms with van der Waals surface area (Å²) in [6.07, 6.45) is 6.38. The fourth-order valence-corrected chi connectivity index (χ4v) is 3.08. The highest BCUT2D eigenvalue weighted by molar-refractivity contribution is 8.03. The minimum Gasteiger partial charge on any atom is -0.314 e. The number of thioether (sulfide) groups is 1. The average molecular weight is 212 g/mol. The van der Waals surface area contributed by atoms with Crippen molar-refractivity contribution in [3.05, 3.63) is 11.0 Å². The van der Waals surface area contributed by atoms with Crippen molar-refractivity contribution in [2.45, 2.75) is 19.3 Å². The molecule has 0 aromatic heterocycles. The summed E-state index contributed by atoms with van der Waals surface area (Å²) in [4.78, 5) is 4.22. The quantitative estimate of drug-likeness (QED) is 0.763. The number of nitrogens with one attached hydrogen (secondary N) is 1. The van der Waals surface area contributed by atoms with Gasteiger partial charge in [0.05, 0.1) is 0 Å². The van der Waals surface area contributed by atoms with Gasteiger partial charge in [-0.1, -0.05) is 6.08 Å². The highest BCUT2D eigenvalue weighted by atomic mass is 32.2. The Hall–Kier alpha value is 0.0100. The summed E-state index contributed by atoms with van der Waals surface area (Å²) in [6, 6.07) is 0. The molecule has 14 heavy (non-hydrogen) atoms. The van der Waals surface area contributed by atoms with Gasteiger partial charge in [-0.3, -0.25) is 0 Å². The average Bonchev–Trinajstić information content (AvgIpc) is 2.72. The van der Waals surface area contributed by atoms with Crippen LogP contribution in [0.4, 0.5) is 0 Å². The Morgan fingerprint density at radius 3 is 2.93 bits per heavy atom. The molecule has 2 heterocycles. The molecule has 0 spiro atoms. The number of allylic oxidation sites excluding steroid dienone is 2. The van der Waals surface area contributed by atoms with E-state index in [1.54, 1.807) is 4.91 Å². The minimum absolute atomic E-state index is 1.18. The van der Waals surface area contributed by atoms with Crippen LogP contribution in [0.2, 0.25) is 0 Å². The maximum absolute atomic E-state index is 3.39. The molecule has 0 aromatic carbocycles. The van der Waals surface area contributed by atoms with Gasteiger partial charge in [-0.2, -0.15) is 0 Å². The lowest BCUT2D eigenvalue weighted by atomic mass is 10.2. The predicted octanol–water partition coefficient (Wildman–Crippen LogP) is 1.69. The van der Waals surface area contributed by atoms with Crippen molar-refractivity contribution >= 4 is 11.8 Å². The number of rotatable bonds is 4. The predicted molar refractivity (Wildman–Crippen MR) is 63.7 cm³/mol. The lowest BCUT2D eigenvalue weighted by Crippen LogP contribution is -2.43. The molecule has 2 aliphatic rings. The van der Waals surface area contributed by atoms with Gasteiger partial charge in [0.25, 0.3) is 0 Å². The van der Waals surface area contributed by atoms with Crippen LogP contribution in [0.25, 0.3) is 0 Å². The Kier molecular flexibility index (Phi) is 4.35. The van der Waals surface area contributed by atoms with Gasteiger partial charge in [0.15, 0.2) is 0 Å². The monoisotopic (exact) mass is 212 g/mol. The van der Waals surface area contributed by atoms with Gasteiger partial charge >= 0.3 is 0 Å². The molecule has 0 unspecified atom stereocenters. The lowest BCUT2D eigenvalue weighted by Gasteiger charge is -2.27. The molecule has 80 valence electrons. The molecule has 2 aliphatic heterocycles. The second-order valence-electron chi connectivity index (χ2n) is 4.00. The third-order valence-corrected chi connectivity index (χ3v) is 4.07. The van der Waals surface area contributed by atoms with Crippen LogP contribution in [0, 0.1) is 0 Å². The summed E-state index contributed by atoms with van der Waals surface area (Å²) in [5, 5.41) is 3.39. The normalized spacial score (nSPS) is 23.9. The van der Waals surface area contributed by atoms with Crippen molar-refractivity contribution in [2.75, 3.05) is 38.5 Å². The molecule has 1 N–H and O–H groups in total. The molecular formula is C11H20N2S. The van der Waals surface area contributed by atoms with Crippen molar-refractivity contribution in [1.82, 2.24) is 10.2 Å². The summed E-state index contributed by atoms with van der Waals surface area (Å²) in [6.45, 7) is 6.13. The number of hydrogen-bond donors (Lipinski definition) is 1. The molecule has 0 radical (unpaired) electrons. The van der Waals surface area contributed by atoms with E-state index in [1.165, 1.54) is 57.7 Å². The fraction of sp³-hybridized carbons (Fsp3) is 0.818. The minimum atomic E-state index is 1.18. The molecule has 2 rings (SSSR count). The van der Waals surface area contributed by atoms with Gasteiger partial charge in [0.1, 0.15) is 0 Å². The van der Waals surface area contributed by atoms with Gasteiger partial charge < -0.3 is 10.2 Å². The second-order valence-corrected chi connectivity index (χ2v) is 5.22. The standard InChI is InChI=1S/C11H20N2S/c1(3-11-4-2-10-14-11)7-13-8-5-12-6-9-13/h4,12H,1-3,5-10H2. The van der Waals surface area contributed by atoms with Crippen molar-refractivity contribution in [1.29, 1.82) is 0 Å². The van der Waals surface area contributed by atoms with Gasteiger partial charge in [-0.05, 0) is 30.7 Å². The highest BCUT2D eigenvalue weighted by Crippen LogP contribution is 2.28. The van der Waals surface area contributed by atoms with Crippen molar-refractivity contribution in [2.24, 2.45) is 0 Å². The first-order chi connectivity index (χ1) is 6.95. The molecule has 0 aromatic rings. The number of nitrogens with zero attached hydrogens (tertiary/aromatic N) is 1. The maximum Gasteiger partial charge on any atom is 0.0107 e. The number of piperazine rings is 1. The summed E-state index contributed by atoms with van der Waals surface area (Å²) < 4.78 is 0. The van der Waals surface area contributed by atoms with Crippen LogP contribution in [0.5, 0.6) is 0 Å². The van der Waals surface area contributed by atoms with Gasteiger partial charge in [0, 0.05) is 31.9 Å². The maximum atomic E-state index is 3.39. The zero-order valence-electron chi connectivity index (χ0n) is 8.80. The Labute approximate surface area is 91.1 Å². The van der Waals surface area contributed by atoms with Crippen LogP contribution in [-0.2, 0) is 0 Å². The highest BCUT2D eigenvalue weighted by Gasteiger charge is 2.10. The third kappa shape index (κ3) is 3.30. The number of hydrogen-bond acceptors (Lipinski definition) is 3. The zero-order chi connectivity index (χ0) is 9.64. The molecular weight excluding hydrogens is 192 g/mol. The van der Waals surface area contributed by atoms with E-state index in [2.05, 4.69) is 28.1 Å². The first-order valence-electron chi connectivity index (χ1n) is 5.70. The Morgan fingerprint density at radius 2 is 2.21 bits per heavy atom. The van der Waals surface area contributed by atoms with E-state index in [9.17, 15) is 0 Å². The SMILES string of the molecule is C1=C(CCCN2CCNCC2)SCC1. The Morgan fingerprint density at radius 1 is 1.36 bits per heavy atom. The molecule has 0 bridgehead atoms. The van der Waals surface area contributed by atoms with E-state index in [1.807, 2.05) is 0 Å². The van der Waals surface area contributed by atoms with Crippen LogP contribution < -0.4 is 5.32 Å². The summed E-state index contributed by atoms with van der Waals surface area (Å²) in [7, 11) is 0. The zero-order valence-corrected chi connectivity index (χ0v) is 9.61. The summed E-state index contributed by atoms with van der Waals surface area (Å²) in [5.74, 6) is 1.32. The molecule has 1 saturated heterocycles. The fourth-order valence-electron chi connectivity index (χ4n) is 2.05. The molecule has 2 nitrogen and oxygen atoms in total. The Bertz CT molecular complexity index is 197. The van der Waals surface area contributed by atoms with Crippen molar-refractivity contribution in [3.63, 3.8) is 0 Å². The topological polar surface area (TPSA) is 15.3 Å². The van der Waals surface area contributed by atoms with E-state index in [0.29, 0.717) is 0 Å². The van der Waals surface area contributed by atoms with Gasteiger partial charge in [0.2, 0.25) is 0 Å². The van der Waals surface area contributed by atoms with E-state index in [-0.39, 0.29) is 0 Å². The van der Waals surface area contributed by atoms with Gasteiger partial charge in [-0.25, -0.2) is 0 Å². The first-order valence-corrected chi connectivity index (χ1v) is 6.68. The smallest absolute Gasteiger partial charge is 0.0107 e. The summed E-state index contributed by atoms with van der Waals surface area (Å²) in [5.41, 5.74) is 0. The largest absolute Gasteiger partial charge is 0.314 e. The van der Waals surface area contributed by atoms with E-state index in [4.69, 9.17) is 0 Å². The molecule has 3 heteroatoms. The molecule has 0 aliphatic carbocycles. The van der Waals surface area contributed by atoms with E-state index < -0.39 is 0 Å². The van der Waals surface area contributed by atoms with Gasteiger partial charge in [-0.15, -0.1) is 11.8 Å². The Balaban J connectivity index is 1.57. The molecule has 1 fully saturated rings. The van der Waals surface area contributed by atoms with Crippen LogP contribution in [0.15, 0.2) is 11.0 Å². The van der Waals surface area contributed by atoms with E-state index >= 15 is 0 Å². The van der Waals surface area contributed by atoms with Crippen LogP contribution in [0.3, 0.4) is 0 Å². The molecule has 0 amide bonds. The third-order valence-electron chi connectivity index (χ3n) is 2.88. The van der Waals surface area contributed by atoms with Crippen LogP contribution >= 0.6 is 11.8 Å². The van der Waals surface area contributed by atoms with Crippen LogP contribution in [-0.4, -0.2) is 43.4 Å². The second kappa shape index (κ2) is 5.79. The van der Waals surface area contributed by atoms with Crippen molar-refractivity contribution in [3.8, 4) is 0 Å². The first kappa shape index (κ1) is 10.5. The molecule has 0 saturated carbocycles. The lowest BCUT2D eigenvalue weighted by molar-refractivity contribution is 0.239. The molecule has 0 atom stereocenters. The van der Waals surface area contributed by atoms with Crippen LogP contribution in [0.1, 0.15) is 19.3 Å². The van der Waals surface area contributed by atoms with E-state index in [0.717, 1.165) is 0 Å². The summed E-state index contributed by atoms with van der Waals surface area (Å²) >= 11 is 2.06.